The van der Waals surface area contributed by atoms with Crippen LogP contribution in [-0.2, 0) is 4.79 Å². The number of hydrogen-bond donors (Lipinski definition) is 1. The molecule has 1 N–H and O–H groups in total. The lowest BCUT2D eigenvalue weighted by Gasteiger charge is -2.42. The molecule has 1 heterocycles. The van der Waals surface area contributed by atoms with Crippen LogP contribution in [0.4, 0.5) is 0 Å². The van der Waals surface area contributed by atoms with E-state index in [0.29, 0.717) is 12.0 Å². The van der Waals surface area contributed by atoms with Gasteiger partial charge in [-0.3, -0.25) is 9.80 Å². The molecule has 0 aromatic heterocycles. The fourth-order valence-electron chi connectivity index (χ4n) is 2.22. The van der Waals surface area contributed by atoms with Gasteiger partial charge in [0.1, 0.15) is 0 Å². The van der Waals surface area contributed by atoms with Crippen LogP contribution < -0.4 is 0 Å². The number of carboxylic acids is 1. The van der Waals surface area contributed by atoms with Gasteiger partial charge in [0.05, 0.1) is 0 Å². The van der Waals surface area contributed by atoms with Gasteiger partial charge in [-0.2, -0.15) is 0 Å². The van der Waals surface area contributed by atoms with Gasteiger partial charge in [-0.25, -0.2) is 4.79 Å². The van der Waals surface area contributed by atoms with Crippen LogP contribution in [0.3, 0.4) is 0 Å². The Labute approximate surface area is 110 Å². The summed E-state index contributed by atoms with van der Waals surface area (Å²) >= 11 is 0. The van der Waals surface area contributed by atoms with Gasteiger partial charge in [0.25, 0.3) is 0 Å². The van der Waals surface area contributed by atoms with E-state index in [1.165, 1.54) is 0 Å². The second-order valence-electron chi connectivity index (χ2n) is 5.85. The minimum absolute atomic E-state index is 0.234. The van der Waals surface area contributed by atoms with Crippen molar-refractivity contribution >= 4 is 5.97 Å². The molecule has 1 fully saturated rings. The van der Waals surface area contributed by atoms with Crippen LogP contribution in [0.25, 0.3) is 0 Å². The highest BCUT2D eigenvalue weighted by Gasteiger charge is 2.25. The molecule has 0 unspecified atom stereocenters. The first-order valence-corrected chi connectivity index (χ1v) is 6.74. The molecule has 104 valence electrons. The third-order valence-electron chi connectivity index (χ3n) is 3.57. The monoisotopic (exact) mass is 254 g/mol. The Morgan fingerprint density at radius 2 is 1.78 bits per heavy atom. The first-order chi connectivity index (χ1) is 8.34. The average Bonchev–Trinajstić information content (AvgIpc) is 2.29. The maximum Gasteiger partial charge on any atom is 0.331 e. The summed E-state index contributed by atoms with van der Waals surface area (Å²) in [6.45, 7) is 13.5. The summed E-state index contributed by atoms with van der Waals surface area (Å²) in [6.07, 6.45) is 2.45. The van der Waals surface area contributed by atoms with Gasteiger partial charge >= 0.3 is 5.97 Å². The summed E-state index contributed by atoms with van der Waals surface area (Å²) in [5.41, 5.74) is 0.755. The lowest BCUT2D eigenvalue weighted by atomic mass is 10.0. The molecule has 0 radical (unpaired) electrons. The average molecular weight is 254 g/mol. The second kappa shape index (κ2) is 6.34. The minimum atomic E-state index is -0.786. The topological polar surface area (TPSA) is 43.8 Å². The van der Waals surface area contributed by atoms with Crippen molar-refractivity contribution in [2.75, 3.05) is 32.7 Å². The van der Waals surface area contributed by atoms with E-state index in [1.54, 1.807) is 0 Å². The Morgan fingerprint density at radius 1 is 1.22 bits per heavy atom. The van der Waals surface area contributed by atoms with E-state index in [1.807, 2.05) is 13.0 Å². The number of aliphatic carboxylic acids is 1. The van der Waals surface area contributed by atoms with Crippen molar-refractivity contribution in [2.24, 2.45) is 0 Å². The van der Waals surface area contributed by atoms with Crippen LogP contribution >= 0.6 is 0 Å². The molecule has 0 spiro atoms. The number of piperazine rings is 1. The van der Waals surface area contributed by atoms with E-state index in [2.05, 4.69) is 30.6 Å². The number of nitrogens with zero attached hydrogens (tertiary/aromatic N) is 2. The summed E-state index contributed by atoms with van der Waals surface area (Å²) in [7, 11) is 0. The highest BCUT2D eigenvalue weighted by Crippen LogP contribution is 2.15. The molecule has 4 heteroatoms. The zero-order chi connectivity index (χ0) is 13.8. The van der Waals surface area contributed by atoms with Crippen LogP contribution in [0.5, 0.6) is 0 Å². The fraction of sp³-hybridized carbons (Fsp3) is 0.786. The standard InChI is InChI=1S/C14H26N2O2/c1-5-12(13(17)18)6-7-15-8-10-16(11-9-15)14(2,3)4/h6H,5,7-11H2,1-4H3,(H,17,18). The number of carboxylic acid groups (broad SMARTS) is 1. The van der Waals surface area contributed by atoms with Crippen LogP contribution in [0.2, 0.25) is 0 Å². The van der Waals surface area contributed by atoms with E-state index in [9.17, 15) is 4.79 Å². The highest BCUT2D eigenvalue weighted by atomic mass is 16.4. The smallest absolute Gasteiger partial charge is 0.331 e. The van der Waals surface area contributed by atoms with E-state index in [0.717, 1.165) is 32.7 Å². The van der Waals surface area contributed by atoms with Gasteiger partial charge in [-0.1, -0.05) is 13.0 Å². The molecule has 0 bridgehead atoms. The summed E-state index contributed by atoms with van der Waals surface area (Å²) in [5.74, 6) is -0.786. The van der Waals surface area contributed by atoms with Crippen molar-refractivity contribution < 1.29 is 9.90 Å². The quantitative estimate of drug-likeness (QED) is 0.777. The van der Waals surface area contributed by atoms with E-state index >= 15 is 0 Å². The number of carbonyl (C=O) groups is 1. The van der Waals surface area contributed by atoms with E-state index < -0.39 is 5.97 Å². The third kappa shape index (κ3) is 4.42. The van der Waals surface area contributed by atoms with E-state index in [4.69, 9.17) is 5.11 Å². The van der Waals surface area contributed by atoms with Gasteiger partial charge < -0.3 is 5.11 Å². The summed E-state index contributed by atoms with van der Waals surface area (Å²) < 4.78 is 0. The molecule has 0 saturated carbocycles. The molecular formula is C14H26N2O2. The number of hydrogen-bond acceptors (Lipinski definition) is 3. The Morgan fingerprint density at radius 3 is 2.17 bits per heavy atom. The van der Waals surface area contributed by atoms with Gasteiger partial charge in [-0.05, 0) is 27.2 Å². The lowest BCUT2D eigenvalue weighted by molar-refractivity contribution is -0.132. The Balaban J connectivity index is 2.43. The van der Waals surface area contributed by atoms with Crippen LogP contribution in [-0.4, -0.2) is 59.1 Å². The Hall–Kier alpha value is -0.870. The molecule has 4 nitrogen and oxygen atoms in total. The maximum atomic E-state index is 10.9. The van der Waals surface area contributed by atoms with Crippen molar-refractivity contribution in [1.82, 2.24) is 9.80 Å². The van der Waals surface area contributed by atoms with Crippen LogP contribution in [0.15, 0.2) is 11.6 Å². The molecular weight excluding hydrogens is 228 g/mol. The molecule has 18 heavy (non-hydrogen) atoms. The van der Waals surface area contributed by atoms with Gasteiger partial charge in [0, 0.05) is 43.8 Å². The minimum Gasteiger partial charge on any atom is -0.478 e. The van der Waals surface area contributed by atoms with E-state index in [-0.39, 0.29) is 5.54 Å². The fourth-order valence-corrected chi connectivity index (χ4v) is 2.22. The molecule has 1 saturated heterocycles. The van der Waals surface area contributed by atoms with Crippen LogP contribution in [0.1, 0.15) is 34.1 Å². The first-order valence-electron chi connectivity index (χ1n) is 6.74. The molecule has 1 aliphatic rings. The Bertz CT molecular complexity index is 310. The third-order valence-corrected chi connectivity index (χ3v) is 3.57. The first kappa shape index (κ1) is 15.2. The SMILES string of the molecule is CCC(=CCN1CCN(C(C)(C)C)CC1)C(=O)O. The molecule has 0 atom stereocenters. The molecule has 0 aliphatic carbocycles. The molecule has 1 aliphatic heterocycles. The largest absolute Gasteiger partial charge is 0.478 e. The second-order valence-corrected chi connectivity index (χ2v) is 5.85. The van der Waals surface area contributed by atoms with Crippen molar-refractivity contribution in [3.8, 4) is 0 Å². The summed E-state index contributed by atoms with van der Waals surface area (Å²) in [4.78, 5) is 15.7. The molecule has 0 aromatic carbocycles. The van der Waals surface area contributed by atoms with Crippen molar-refractivity contribution in [3.05, 3.63) is 11.6 Å². The predicted molar refractivity (Wildman–Crippen MR) is 73.8 cm³/mol. The van der Waals surface area contributed by atoms with Crippen molar-refractivity contribution in [1.29, 1.82) is 0 Å². The Kier molecular flexibility index (Phi) is 5.35. The van der Waals surface area contributed by atoms with Crippen LogP contribution in [0, 0.1) is 0 Å². The zero-order valence-corrected chi connectivity index (χ0v) is 12.1. The molecule has 0 aromatic rings. The normalized spacial score (nSPS) is 20.1. The summed E-state index contributed by atoms with van der Waals surface area (Å²) in [5, 5.41) is 8.96. The van der Waals surface area contributed by atoms with Crippen molar-refractivity contribution in [2.45, 2.75) is 39.7 Å². The molecule has 0 amide bonds. The maximum absolute atomic E-state index is 10.9. The highest BCUT2D eigenvalue weighted by molar-refractivity contribution is 5.86. The van der Waals surface area contributed by atoms with Gasteiger partial charge in [-0.15, -0.1) is 0 Å². The molecule has 1 rings (SSSR count). The van der Waals surface area contributed by atoms with Gasteiger partial charge in [0.2, 0.25) is 0 Å². The lowest BCUT2D eigenvalue weighted by Crippen LogP contribution is -2.53. The van der Waals surface area contributed by atoms with Gasteiger partial charge in [0.15, 0.2) is 0 Å². The number of rotatable bonds is 4. The summed E-state index contributed by atoms with van der Waals surface area (Å²) in [6, 6.07) is 0. The zero-order valence-electron chi connectivity index (χ0n) is 12.1. The van der Waals surface area contributed by atoms with Crippen molar-refractivity contribution in [3.63, 3.8) is 0 Å². The predicted octanol–water partition coefficient (Wildman–Crippen LogP) is 1.82.